The van der Waals surface area contributed by atoms with Crippen LogP contribution in [0.5, 0.6) is 0 Å². The molecule has 2 heterocycles. The van der Waals surface area contributed by atoms with E-state index in [-0.39, 0.29) is 5.91 Å². The fourth-order valence-corrected chi connectivity index (χ4v) is 2.66. The molecule has 1 aromatic carbocycles. The maximum absolute atomic E-state index is 12.5. The van der Waals surface area contributed by atoms with E-state index in [1.807, 2.05) is 31.2 Å². The third kappa shape index (κ3) is 3.69. The highest BCUT2D eigenvalue weighted by molar-refractivity contribution is 6.04. The van der Waals surface area contributed by atoms with Crippen molar-refractivity contribution >= 4 is 17.4 Å². The van der Waals surface area contributed by atoms with Crippen molar-refractivity contribution in [2.24, 2.45) is 0 Å². The van der Waals surface area contributed by atoms with Gasteiger partial charge >= 0.3 is 0 Å². The van der Waals surface area contributed by atoms with Crippen LogP contribution in [0.15, 0.2) is 42.9 Å². The van der Waals surface area contributed by atoms with Gasteiger partial charge in [0.25, 0.3) is 5.91 Å². The molecular formula is C18H21N7O. The van der Waals surface area contributed by atoms with Gasteiger partial charge < -0.3 is 10.2 Å². The van der Waals surface area contributed by atoms with Crippen LogP contribution in [0.25, 0.3) is 5.69 Å². The van der Waals surface area contributed by atoms with E-state index in [0.717, 1.165) is 30.2 Å². The van der Waals surface area contributed by atoms with E-state index in [1.54, 1.807) is 16.9 Å². The third-order valence-electron chi connectivity index (χ3n) is 4.16. The van der Waals surface area contributed by atoms with Gasteiger partial charge in [0.1, 0.15) is 12.1 Å². The Labute approximate surface area is 151 Å². The zero-order valence-electron chi connectivity index (χ0n) is 15.0. The zero-order chi connectivity index (χ0) is 18.5. The van der Waals surface area contributed by atoms with Crippen molar-refractivity contribution in [2.45, 2.75) is 20.8 Å². The standard InChI is InChI=1S/C18H21N7O/c1-4-24(5-2)17-9-7-14(11-19-17)18(26)21-15-8-6-13(3)16(10-15)25-12-20-22-23-25/h6-12H,4-5H2,1-3H3,(H,21,26). The van der Waals surface area contributed by atoms with Gasteiger partial charge in [-0.25, -0.2) is 9.67 Å². The Hall–Kier alpha value is -3.29. The fraction of sp³-hybridized carbons (Fsp3) is 0.278. The molecule has 0 unspecified atom stereocenters. The number of aryl methyl sites for hydroxylation is 1. The summed E-state index contributed by atoms with van der Waals surface area (Å²) in [5, 5.41) is 14.1. The maximum Gasteiger partial charge on any atom is 0.257 e. The van der Waals surface area contributed by atoms with Crippen LogP contribution in [0.4, 0.5) is 11.5 Å². The second-order valence-electron chi connectivity index (χ2n) is 5.79. The van der Waals surface area contributed by atoms with Crippen molar-refractivity contribution in [3.8, 4) is 5.69 Å². The van der Waals surface area contributed by atoms with E-state index in [1.165, 1.54) is 6.33 Å². The summed E-state index contributed by atoms with van der Waals surface area (Å²) in [6, 6.07) is 9.24. The highest BCUT2D eigenvalue weighted by atomic mass is 16.1. The monoisotopic (exact) mass is 351 g/mol. The second-order valence-corrected chi connectivity index (χ2v) is 5.79. The molecule has 134 valence electrons. The molecule has 1 N–H and O–H groups in total. The molecule has 8 nitrogen and oxygen atoms in total. The van der Waals surface area contributed by atoms with Crippen LogP contribution < -0.4 is 10.2 Å². The Bertz CT molecular complexity index is 871. The number of anilines is 2. The lowest BCUT2D eigenvalue weighted by atomic mass is 10.1. The van der Waals surface area contributed by atoms with Gasteiger partial charge in [-0.1, -0.05) is 6.07 Å². The van der Waals surface area contributed by atoms with E-state index < -0.39 is 0 Å². The summed E-state index contributed by atoms with van der Waals surface area (Å²) in [7, 11) is 0. The number of aromatic nitrogens is 5. The minimum Gasteiger partial charge on any atom is -0.357 e. The molecule has 8 heteroatoms. The topological polar surface area (TPSA) is 88.8 Å². The molecule has 0 fully saturated rings. The first-order valence-corrected chi connectivity index (χ1v) is 8.48. The Morgan fingerprint density at radius 3 is 2.62 bits per heavy atom. The van der Waals surface area contributed by atoms with Crippen LogP contribution in [0.2, 0.25) is 0 Å². The van der Waals surface area contributed by atoms with Crippen molar-refractivity contribution in [2.75, 3.05) is 23.3 Å². The summed E-state index contributed by atoms with van der Waals surface area (Å²) < 4.78 is 1.56. The fourth-order valence-electron chi connectivity index (χ4n) is 2.66. The molecular weight excluding hydrogens is 330 g/mol. The molecule has 0 aliphatic heterocycles. The van der Waals surface area contributed by atoms with Gasteiger partial charge in [0, 0.05) is 25.0 Å². The summed E-state index contributed by atoms with van der Waals surface area (Å²) in [5.74, 6) is 0.651. The van der Waals surface area contributed by atoms with Crippen molar-refractivity contribution < 1.29 is 4.79 Å². The summed E-state index contributed by atoms with van der Waals surface area (Å²) in [4.78, 5) is 19.0. The summed E-state index contributed by atoms with van der Waals surface area (Å²) >= 11 is 0. The predicted octanol–water partition coefficient (Wildman–Crippen LogP) is 2.46. The smallest absolute Gasteiger partial charge is 0.257 e. The van der Waals surface area contributed by atoms with Gasteiger partial charge in [0.05, 0.1) is 11.3 Å². The number of rotatable bonds is 6. The number of pyridine rings is 1. The maximum atomic E-state index is 12.5. The van der Waals surface area contributed by atoms with E-state index in [2.05, 4.69) is 44.6 Å². The van der Waals surface area contributed by atoms with E-state index in [0.29, 0.717) is 11.3 Å². The van der Waals surface area contributed by atoms with Crippen molar-refractivity contribution in [3.63, 3.8) is 0 Å². The van der Waals surface area contributed by atoms with Gasteiger partial charge in [-0.3, -0.25) is 4.79 Å². The minimum absolute atomic E-state index is 0.213. The lowest BCUT2D eigenvalue weighted by molar-refractivity contribution is 0.102. The minimum atomic E-state index is -0.213. The van der Waals surface area contributed by atoms with Crippen molar-refractivity contribution in [1.29, 1.82) is 0 Å². The van der Waals surface area contributed by atoms with Crippen LogP contribution in [-0.4, -0.2) is 44.2 Å². The van der Waals surface area contributed by atoms with E-state index >= 15 is 0 Å². The SMILES string of the molecule is CCN(CC)c1ccc(C(=O)Nc2ccc(C)c(-n3cnnn3)c2)cn1. The van der Waals surface area contributed by atoms with Gasteiger partial charge in [-0.05, 0) is 61.0 Å². The van der Waals surface area contributed by atoms with Crippen LogP contribution in [0, 0.1) is 6.92 Å². The quantitative estimate of drug-likeness (QED) is 0.734. The summed E-state index contributed by atoms with van der Waals surface area (Å²) in [6.45, 7) is 7.85. The number of amides is 1. The average Bonchev–Trinajstić information content (AvgIpc) is 3.19. The van der Waals surface area contributed by atoms with Crippen LogP contribution in [0.3, 0.4) is 0 Å². The molecule has 0 saturated carbocycles. The molecule has 1 amide bonds. The van der Waals surface area contributed by atoms with E-state index in [9.17, 15) is 4.79 Å². The van der Waals surface area contributed by atoms with Crippen molar-refractivity contribution in [3.05, 3.63) is 54.0 Å². The molecule has 0 atom stereocenters. The Morgan fingerprint density at radius 1 is 1.19 bits per heavy atom. The lowest BCUT2D eigenvalue weighted by Crippen LogP contribution is -2.23. The zero-order valence-corrected chi connectivity index (χ0v) is 15.0. The molecule has 0 radical (unpaired) electrons. The first-order valence-electron chi connectivity index (χ1n) is 8.48. The summed E-state index contributed by atoms with van der Waals surface area (Å²) in [6.07, 6.45) is 3.11. The number of tetrazole rings is 1. The molecule has 26 heavy (non-hydrogen) atoms. The highest BCUT2D eigenvalue weighted by Gasteiger charge is 2.11. The predicted molar refractivity (Wildman–Crippen MR) is 99.6 cm³/mol. The normalized spacial score (nSPS) is 10.6. The largest absolute Gasteiger partial charge is 0.357 e. The Kier molecular flexibility index (Phi) is 5.21. The Morgan fingerprint density at radius 2 is 2.00 bits per heavy atom. The first-order chi connectivity index (χ1) is 12.6. The molecule has 0 bridgehead atoms. The Balaban J connectivity index is 1.77. The first kappa shape index (κ1) is 17.5. The second kappa shape index (κ2) is 7.73. The number of nitrogens with zero attached hydrogens (tertiary/aromatic N) is 6. The molecule has 0 saturated heterocycles. The number of carbonyl (C=O) groups is 1. The summed E-state index contributed by atoms with van der Waals surface area (Å²) in [5.41, 5.74) is 2.98. The van der Waals surface area contributed by atoms with Gasteiger partial charge in [0.15, 0.2) is 0 Å². The lowest BCUT2D eigenvalue weighted by Gasteiger charge is -2.19. The number of benzene rings is 1. The number of carbonyl (C=O) groups excluding carboxylic acids is 1. The van der Waals surface area contributed by atoms with Crippen LogP contribution >= 0.6 is 0 Å². The number of hydrogen-bond donors (Lipinski definition) is 1. The van der Waals surface area contributed by atoms with Crippen LogP contribution in [-0.2, 0) is 0 Å². The molecule has 0 aliphatic rings. The molecule has 2 aromatic heterocycles. The third-order valence-corrected chi connectivity index (χ3v) is 4.16. The average molecular weight is 351 g/mol. The van der Waals surface area contributed by atoms with Crippen LogP contribution in [0.1, 0.15) is 29.8 Å². The number of hydrogen-bond acceptors (Lipinski definition) is 6. The highest BCUT2D eigenvalue weighted by Crippen LogP contribution is 2.19. The van der Waals surface area contributed by atoms with E-state index in [4.69, 9.17) is 0 Å². The number of nitrogens with one attached hydrogen (secondary N) is 1. The molecule has 0 aliphatic carbocycles. The molecule has 3 aromatic rings. The molecule has 0 spiro atoms. The van der Waals surface area contributed by atoms with Gasteiger partial charge in [-0.2, -0.15) is 0 Å². The van der Waals surface area contributed by atoms with Gasteiger partial charge in [-0.15, -0.1) is 5.10 Å². The van der Waals surface area contributed by atoms with Gasteiger partial charge in [0.2, 0.25) is 0 Å². The van der Waals surface area contributed by atoms with Crippen molar-refractivity contribution in [1.82, 2.24) is 25.2 Å². The molecule has 3 rings (SSSR count).